The summed E-state index contributed by atoms with van der Waals surface area (Å²) in [5.41, 5.74) is 3.86. The molecule has 0 bridgehead atoms. The first kappa shape index (κ1) is 19.8. The lowest BCUT2D eigenvalue weighted by Crippen LogP contribution is -2.09. The maximum absolute atomic E-state index is 12.1. The summed E-state index contributed by atoms with van der Waals surface area (Å²) >= 11 is 6.24. The van der Waals surface area contributed by atoms with E-state index in [-0.39, 0.29) is 22.1 Å². The number of hydrogen-bond donors (Lipinski definition) is 2. The van der Waals surface area contributed by atoms with Crippen LogP contribution in [0.25, 0.3) is 0 Å². The highest BCUT2D eigenvalue weighted by Crippen LogP contribution is 2.37. The second-order valence-electron chi connectivity index (χ2n) is 6.51. The molecule has 0 spiro atoms. The Bertz CT molecular complexity index is 983. The molecule has 4 nitrogen and oxygen atoms in total. The molecule has 0 saturated heterocycles. The Morgan fingerprint density at radius 1 is 0.929 bits per heavy atom. The van der Waals surface area contributed by atoms with E-state index < -0.39 is 5.97 Å². The number of halogens is 1. The average Bonchev–Trinajstić information content (AvgIpc) is 2.70. The first-order valence-corrected chi connectivity index (χ1v) is 9.31. The first-order chi connectivity index (χ1) is 13.5. The van der Waals surface area contributed by atoms with E-state index in [2.05, 4.69) is 18.2 Å². The van der Waals surface area contributed by atoms with Crippen molar-refractivity contribution >= 4 is 17.6 Å². The Balaban J connectivity index is 1.90. The van der Waals surface area contributed by atoms with Crippen molar-refractivity contribution in [3.05, 3.63) is 93.5 Å². The number of phenolic OH excluding ortho intramolecular Hbond substituents is 2. The van der Waals surface area contributed by atoms with Crippen molar-refractivity contribution in [2.45, 2.75) is 19.3 Å². The number of hydrogen-bond acceptors (Lipinski definition) is 4. The fourth-order valence-electron chi connectivity index (χ4n) is 3.30. The summed E-state index contributed by atoms with van der Waals surface area (Å²) in [4.78, 5) is 12.1. The monoisotopic (exact) mass is 396 g/mol. The van der Waals surface area contributed by atoms with Crippen LogP contribution in [-0.4, -0.2) is 23.3 Å². The number of aromatic hydroxyl groups is 2. The van der Waals surface area contributed by atoms with E-state index in [1.54, 1.807) is 0 Å². The van der Waals surface area contributed by atoms with E-state index in [0.717, 1.165) is 18.1 Å². The van der Waals surface area contributed by atoms with Gasteiger partial charge >= 0.3 is 5.97 Å². The summed E-state index contributed by atoms with van der Waals surface area (Å²) in [6.07, 6.45) is 1.76. The van der Waals surface area contributed by atoms with Crippen molar-refractivity contribution in [3.8, 4) is 11.5 Å². The van der Waals surface area contributed by atoms with Crippen LogP contribution >= 0.6 is 11.6 Å². The van der Waals surface area contributed by atoms with Gasteiger partial charge in [0.1, 0.15) is 17.1 Å². The Morgan fingerprint density at radius 3 is 2.25 bits per heavy atom. The van der Waals surface area contributed by atoms with Crippen LogP contribution < -0.4 is 0 Å². The van der Waals surface area contributed by atoms with Gasteiger partial charge in [0.15, 0.2) is 0 Å². The largest absolute Gasteiger partial charge is 0.507 e. The smallest absolute Gasteiger partial charge is 0.341 e. The van der Waals surface area contributed by atoms with Gasteiger partial charge in [0.2, 0.25) is 0 Å². The van der Waals surface area contributed by atoms with Crippen LogP contribution in [0.15, 0.2) is 60.7 Å². The van der Waals surface area contributed by atoms with Gasteiger partial charge in [-0.25, -0.2) is 4.79 Å². The fourth-order valence-corrected chi connectivity index (χ4v) is 3.54. The van der Waals surface area contributed by atoms with E-state index >= 15 is 0 Å². The maximum Gasteiger partial charge on any atom is 0.341 e. The number of phenols is 2. The molecular formula is C23H21ClO4. The molecule has 3 rings (SSSR count). The molecule has 0 aliphatic carbocycles. The molecule has 5 heteroatoms. The minimum absolute atomic E-state index is 0.00848. The standard InChI is InChI=1S/C23H21ClO4/c1-28-23(27)21-18(22(24)20(26)14-19(21)25)12-11-16-9-5-6-10-17(16)13-15-7-3-2-4-8-15/h2-10,14,25-26H,11-13H2,1H3. The normalized spacial score (nSPS) is 10.6. The Morgan fingerprint density at radius 2 is 1.57 bits per heavy atom. The topological polar surface area (TPSA) is 66.8 Å². The Kier molecular flexibility index (Phi) is 6.22. The van der Waals surface area contributed by atoms with E-state index in [1.165, 1.54) is 18.2 Å². The van der Waals surface area contributed by atoms with Crippen LogP contribution in [0, 0.1) is 0 Å². The van der Waals surface area contributed by atoms with Crippen molar-refractivity contribution in [1.29, 1.82) is 0 Å². The molecule has 0 radical (unpaired) electrons. The van der Waals surface area contributed by atoms with E-state index in [4.69, 9.17) is 16.3 Å². The number of methoxy groups -OCH3 is 1. The van der Waals surface area contributed by atoms with Gasteiger partial charge in [0, 0.05) is 6.07 Å². The van der Waals surface area contributed by atoms with Crippen LogP contribution in [0.2, 0.25) is 5.02 Å². The quantitative estimate of drug-likeness (QED) is 0.581. The molecule has 0 aromatic heterocycles. The summed E-state index contributed by atoms with van der Waals surface area (Å²) in [6.45, 7) is 0. The first-order valence-electron chi connectivity index (χ1n) is 8.93. The highest BCUT2D eigenvalue weighted by molar-refractivity contribution is 6.33. The lowest BCUT2D eigenvalue weighted by molar-refractivity contribution is 0.0596. The molecule has 144 valence electrons. The van der Waals surface area contributed by atoms with Crippen LogP contribution in [0.1, 0.15) is 32.6 Å². The molecule has 0 heterocycles. The third-order valence-electron chi connectivity index (χ3n) is 4.71. The lowest BCUT2D eigenvalue weighted by atomic mass is 9.93. The van der Waals surface area contributed by atoms with Crippen molar-refractivity contribution in [2.24, 2.45) is 0 Å². The third kappa shape index (κ3) is 4.29. The summed E-state index contributed by atoms with van der Waals surface area (Å²) < 4.78 is 4.77. The maximum atomic E-state index is 12.1. The van der Waals surface area contributed by atoms with Crippen molar-refractivity contribution < 1.29 is 19.7 Å². The highest BCUT2D eigenvalue weighted by atomic mass is 35.5. The van der Waals surface area contributed by atoms with Gasteiger partial charge in [-0.15, -0.1) is 0 Å². The van der Waals surface area contributed by atoms with E-state index in [1.807, 2.05) is 36.4 Å². The molecule has 0 fully saturated rings. The number of carbonyl (C=O) groups is 1. The zero-order chi connectivity index (χ0) is 20.1. The summed E-state index contributed by atoms with van der Waals surface area (Å²) in [5.74, 6) is -1.30. The molecule has 0 atom stereocenters. The Hall–Kier alpha value is -2.98. The molecule has 0 saturated carbocycles. The van der Waals surface area contributed by atoms with Crippen molar-refractivity contribution in [2.75, 3.05) is 7.11 Å². The number of ether oxygens (including phenoxy) is 1. The van der Waals surface area contributed by atoms with Gasteiger partial charge in [0.05, 0.1) is 12.1 Å². The van der Waals surface area contributed by atoms with Crippen LogP contribution in [-0.2, 0) is 24.0 Å². The van der Waals surface area contributed by atoms with Crippen molar-refractivity contribution in [1.82, 2.24) is 0 Å². The molecule has 3 aromatic carbocycles. The third-order valence-corrected chi connectivity index (χ3v) is 5.13. The summed E-state index contributed by atoms with van der Waals surface area (Å²) in [7, 11) is 1.24. The Labute approximate surface area is 169 Å². The molecule has 3 aromatic rings. The predicted octanol–water partition coefficient (Wildman–Crippen LogP) is 4.91. The number of benzene rings is 3. The van der Waals surface area contributed by atoms with Gasteiger partial charge in [-0.2, -0.15) is 0 Å². The van der Waals surface area contributed by atoms with Crippen LogP contribution in [0.3, 0.4) is 0 Å². The van der Waals surface area contributed by atoms with Gasteiger partial charge in [-0.1, -0.05) is 66.2 Å². The second kappa shape index (κ2) is 8.81. The van der Waals surface area contributed by atoms with E-state index in [0.29, 0.717) is 18.4 Å². The molecule has 0 aliphatic rings. The summed E-state index contributed by atoms with van der Waals surface area (Å²) in [5, 5.41) is 20.1. The van der Waals surface area contributed by atoms with Crippen LogP contribution in [0.5, 0.6) is 11.5 Å². The summed E-state index contributed by atoms with van der Waals surface area (Å²) in [6, 6.07) is 19.3. The number of carbonyl (C=O) groups excluding carboxylic acids is 1. The molecule has 28 heavy (non-hydrogen) atoms. The predicted molar refractivity (Wildman–Crippen MR) is 109 cm³/mol. The fraction of sp³-hybridized carbons (Fsp3) is 0.174. The number of aryl methyl sites for hydroxylation is 1. The average molecular weight is 397 g/mol. The zero-order valence-electron chi connectivity index (χ0n) is 15.5. The van der Waals surface area contributed by atoms with Gasteiger partial charge in [0.25, 0.3) is 0 Å². The van der Waals surface area contributed by atoms with E-state index in [9.17, 15) is 15.0 Å². The van der Waals surface area contributed by atoms with Gasteiger partial charge in [-0.05, 0) is 41.5 Å². The minimum atomic E-state index is -0.688. The molecule has 2 N–H and O–H groups in total. The molecule has 0 unspecified atom stereocenters. The highest BCUT2D eigenvalue weighted by Gasteiger charge is 2.22. The minimum Gasteiger partial charge on any atom is -0.507 e. The van der Waals surface area contributed by atoms with Gasteiger partial charge < -0.3 is 14.9 Å². The molecular weight excluding hydrogens is 376 g/mol. The SMILES string of the molecule is COC(=O)c1c(O)cc(O)c(Cl)c1CCc1ccccc1Cc1ccccc1. The zero-order valence-corrected chi connectivity index (χ0v) is 16.2. The molecule has 0 amide bonds. The van der Waals surface area contributed by atoms with Crippen molar-refractivity contribution in [3.63, 3.8) is 0 Å². The second-order valence-corrected chi connectivity index (χ2v) is 6.88. The number of rotatable bonds is 6. The number of esters is 1. The van der Waals surface area contributed by atoms with Crippen LogP contribution in [0.4, 0.5) is 0 Å². The molecule has 0 aliphatic heterocycles. The lowest BCUT2D eigenvalue weighted by Gasteiger charge is -2.15. The van der Waals surface area contributed by atoms with Gasteiger partial charge in [-0.3, -0.25) is 0 Å².